The Labute approximate surface area is 162 Å². The first-order chi connectivity index (χ1) is 13.3. The molecular formula is C26H24B-. The molecule has 0 atom stereocenters. The lowest BCUT2D eigenvalue weighted by Crippen LogP contribution is -2.68. The second-order valence-corrected chi connectivity index (χ2v) is 7.41. The molecule has 0 spiro atoms. The van der Waals surface area contributed by atoms with Gasteiger partial charge in [0, 0.05) is 0 Å². The largest absolute Gasteiger partial charge is 0.200 e. The van der Waals surface area contributed by atoms with Crippen LogP contribution in [0.5, 0.6) is 0 Å². The van der Waals surface area contributed by atoms with E-state index in [1.807, 2.05) is 0 Å². The predicted molar refractivity (Wildman–Crippen MR) is 119 cm³/mol. The molecule has 27 heavy (non-hydrogen) atoms. The van der Waals surface area contributed by atoms with Crippen molar-refractivity contribution in [3.8, 4) is 0 Å². The molecule has 0 saturated carbocycles. The lowest BCUT2D eigenvalue weighted by atomic mass is 9.14. The average molecular weight is 347 g/mol. The molecule has 0 amide bonds. The van der Waals surface area contributed by atoms with Crippen LogP contribution in [-0.4, -0.2) is 6.15 Å². The van der Waals surface area contributed by atoms with Crippen molar-refractivity contribution < 1.29 is 0 Å². The summed E-state index contributed by atoms with van der Waals surface area (Å²) in [7, 11) is 0. The van der Waals surface area contributed by atoms with Gasteiger partial charge in [0.15, 0.2) is 0 Å². The van der Waals surface area contributed by atoms with Gasteiger partial charge in [0.05, 0.1) is 6.15 Å². The average Bonchev–Trinajstić information content (AvgIpc) is 2.75. The lowest BCUT2D eigenvalue weighted by molar-refractivity contribution is 1.27. The lowest BCUT2D eigenvalue weighted by Gasteiger charge is -2.43. The maximum absolute atomic E-state index is 2.29. The summed E-state index contributed by atoms with van der Waals surface area (Å²) in [6.45, 7) is 2.22. The number of rotatable bonds is 5. The third-order valence-electron chi connectivity index (χ3n) is 5.89. The van der Waals surface area contributed by atoms with Crippen LogP contribution in [0, 0.1) is 6.92 Å². The molecule has 0 aliphatic carbocycles. The minimum absolute atomic E-state index is 0.991. The highest BCUT2D eigenvalue weighted by atomic mass is 14.1. The summed E-state index contributed by atoms with van der Waals surface area (Å²) in [5, 5.41) is 0. The van der Waals surface area contributed by atoms with E-state index >= 15 is 0 Å². The van der Waals surface area contributed by atoms with Crippen molar-refractivity contribution in [2.24, 2.45) is 0 Å². The quantitative estimate of drug-likeness (QED) is 0.474. The van der Waals surface area contributed by atoms with E-state index in [-0.39, 0.29) is 0 Å². The van der Waals surface area contributed by atoms with Crippen molar-refractivity contribution in [3.05, 3.63) is 126 Å². The summed E-state index contributed by atoms with van der Waals surface area (Å²) in [5.74, 6) is 0. The van der Waals surface area contributed by atoms with Gasteiger partial charge in [-0.15, -0.1) is 6.32 Å². The van der Waals surface area contributed by atoms with Crippen molar-refractivity contribution in [2.75, 3.05) is 0 Å². The Morgan fingerprint density at radius 1 is 0.481 bits per heavy atom. The van der Waals surface area contributed by atoms with Crippen LogP contribution in [0.1, 0.15) is 11.1 Å². The fraction of sp³-hybridized carbons (Fsp3) is 0.0769. The molecule has 0 nitrogen and oxygen atoms in total. The Hall–Kier alpha value is -3.06. The molecule has 0 unspecified atom stereocenters. The first kappa shape index (κ1) is 17.4. The van der Waals surface area contributed by atoms with E-state index in [4.69, 9.17) is 0 Å². The number of benzene rings is 4. The molecule has 0 aliphatic heterocycles. The van der Waals surface area contributed by atoms with E-state index in [1.54, 1.807) is 0 Å². The first-order valence-electron chi connectivity index (χ1n) is 9.69. The van der Waals surface area contributed by atoms with Gasteiger partial charge in [-0.2, -0.15) is 16.4 Å². The molecule has 0 N–H and O–H groups in total. The second-order valence-electron chi connectivity index (χ2n) is 7.41. The summed E-state index contributed by atoms with van der Waals surface area (Å²) < 4.78 is 0. The number of hydrogen-bond acceptors (Lipinski definition) is 0. The fourth-order valence-electron chi connectivity index (χ4n) is 4.44. The molecule has 0 aromatic heterocycles. The molecule has 0 saturated heterocycles. The minimum atomic E-state index is -1.11. The van der Waals surface area contributed by atoms with Gasteiger partial charge in [0.2, 0.25) is 0 Å². The van der Waals surface area contributed by atoms with Gasteiger partial charge in [-0.3, -0.25) is 0 Å². The van der Waals surface area contributed by atoms with Crippen LogP contribution in [0.4, 0.5) is 0 Å². The Bertz CT molecular complexity index is 895. The monoisotopic (exact) mass is 347 g/mol. The maximum atomic E-state index is 2.29. The van der Waals surface area contributed by atoms with E-state index in [0.29, 0.717) is 0 Å². The Balaban J connectivity index is 2.02. The van der Waals surface area contributed by atoms with Gasteiger partial charge < -0.3 is 0 Å². The highest BCUT2D eigenvalue weighted by Gasteiger charge is 2.30. The Morgan fingerprint density at radius 2 is 0.852 bits per heavy atom. The minimum Gasteiger partial charge on any atom is -0.200 e. The zero-order valence-electron chi connectivity index (χ0n) is 15.8. The predicted octanol–water partition coefficient (Wildman–Crippen LogP) is 4.25. The van der Waals surface area contributed by atoms with Crippen molar-refractivity contribution in [1.29, 1.82) is 0 Å². The maximum Gasteiger partial charge on any atom is 0.0856 e. The highest BCUT2D eigenvalue weighted by Crippen LogP contribution is 2.17. The topological polar surface area (TPSA) is 0 Å². The summed E-state index contributed by atoms with van der Waals surface area (Å²) in [5.41, 5.74) is 6.93. The van der Waals surface area contributed by atoms with Crippen LogP contribution in [0.2, 0.25) is 0 Å². The second kappa shape index (κ2) is 7.67. The van der Waals surface area contributed by atoms with Crippen molar-refractivity contribution >= 4 is 22.5 Å². The summed E-state index contributed by atoms with van der Waals surface area (Å²) >= 11 is 0. The van der Waals surface area contributed by atoms with Crippen LogP contribution in [0.25, 0.3) is 0 Å². The molecule has 0 fully saturated rings. The number of hydrogen-bond donors (Lipinski definition) is 0. The van der Waals surface area contributed by atoms with Crippen molar-refractivity contribution in [1.82, 2.24) is 0 Å². The molecular weight excluding hydrogens is 323 g/mol. The summed E-state index contributed by atoms with van der Waals surface area (Å²) in [6.07, 6.45) is -0.122. The van der Waals surface area contributed by atoms with Crippen LogP contribution in [0.15, 0.2) is 115 Å². The Kier molecular flexibility index (Phi) is 4.94. The van der Waals surface area contributed by atoms with Crippen molar-refractivity contribution in [2.45, 2.75) is 13.2 Å². The van der Waals surface area contributed by atoms with Gasteiger partial charge >= 0.3 is 0 Å². The normalized spacial score (nSPS) is 11.3. The van der Waals surface area contributed by atoms with Gasteiger partial charge in [0.1, 0.15) is 0 Å². The van der Waals surface area contributed by atoms with E-state index in [9.17, 15) is 0 Å². The molecule has 0 heterocycles. The SMILES string of the molecule is Cc1ccccc1C[B-](c1ccccc1)(c1ccccc1)c1ccccc1. The summed E-state index contributed by atoms with van der Waals surface area (Å²) in [6, 6.07) is 41.8. The van der Waals surface area contributed by atoms with Gasteiger partial charge in [-0.25, -0.2) is 0 Å². The van der Waals surface area contributed by atoms with E-state index in [1.165, 1.54) is 27.5 Å². The third-order valence-corrected chi connectivity index (χ3v) is 5.89. The highest BCUT2D eigenvalue weighted by molar-refractivity contribution is 7.11. The summed E-state index contributed by atoms with van der Waals surface area (Å²) in [4.78, 5) is 0. The zero-order valence-corrected chi connectivity index (χ0v) is 15.8. The van der Waals surface area contributed by atoms with Crippen molar-refractivity contribution in [3.63, 3.8) is 0 Å². The van der Waals surface area contributed by atoms with Crippen LogP contribution < -0.4 is 16.4 Å². The Morgan fingerprint density at radius 3 is 1.26 bits per heavy atom. The molecule has 4 aromatic rings. The molecule has 1 heteroatoms. The number of aryl methyl sites for hydroxylation is 1. The first-order valence-corrected chi connectivity index (χ1v) is 9.69. The van der Waals surface area contributed by atoms with E-state index in [2.05, 4.69) is 122 Å². The standard InChI is InChI=1S/C26H24B/c1-22-13-11-12-14-23(22)21-27(24-15-5-2-6-16-24,25-17-7-3-8-18-25)26-19-9-4-10-20-26/h2-20H,21H2,1H3/q-1. The molecule has 132 valence electrons. The van der Waals surface area contributed by atoms with Gasteiger partial charge in [-0.1, -0.05) is 126 Å². The van der Waals surface area contributed by atoms with Gasteiger partial charge in [-0.05, 0) is 6.92 Å². The molecule has 4 aromatic carbocycles. The van der Waals surface area contributed by atoms with E-state index < -0.39 is 6.15 Å². The third kappa shape index (κ3) is 3.33. The smallest absolute Gasteiger partial charge is 0.0856 e. The zero-order chi connectivity index (χ0) is 18.5. The molecule has 0 aliphatic rings. The van der Waals surface area contributed by atoms with E-state index in [0.717, 1.165) is 6.32 Å². The fourth-order valence-corrected chi connectivity index (χ4v) is 4.44. The molecule has 0 radical (unpaired) electrons. The molecule has 4 rings (SSSR count). The van der Waals surface area contributed by atoms with Gasteiger partial charge in [0.25, 0.3) is 0 Å². The van der Waals surface area contributed by atoms with Crippen LogP contribution in [0.3, 0.4) is 0 Å². The van der Waals surface area contributed by atoms with Crippen LogP contribution in [-0.2, 0) is 6.32 Å². The molecule has 0 bridgehead atoms. The van der Waals surface area contributed by atoms with Crippen LogP contribution >= 0.6 is 0 Å².